The van der Waals surface area contributed by atoms with Crippen molar-refractivity contribution in [2.75, 3.05) is 6.61 Å². The lowest BCUT2D eigenvalue weighted by Crippen LogP contribution is -2.31. The van der Waals surface area contributed by atoms with Crippen LogP contribution in [-0.4, -0.2) is 16.6 Å². The molecule has 0 radical (unpaired) electrons. The van der Waals surface area contributed by atoms with Gasteiger partial charge in [-0.15, -0.1) is 0 Å². The van der Waals surface area contributed by atoms with Crippen LogP contribution in [0.25, 0.3) is 10.9 Å². The third kappa shape index (κ3) is 3.25. The van der Waals surface area contributed by atoms with Crippen molar-refractivity contribution < 1.29 is 4.74 Å². The van der Waals surface area contributed by atoms with Crippen LogP contribution in [-0.2, 0) is 0 Å². The fourth-order valence-electron chi connectivity index (χ4n) is 1.87. The van der Waals surface area contributed by atoms with Crippen molar-refractivity contribution in [2.45, 2.75) is 27.2 Å². The summed E-state index contributed by atoms with van der Waals surface area (Å²) in [6, 6.07) is 10.0. The van der Waals surface area contributed by atoms with E-state index in [1.165, 1.54) is 0 Å². The molecule has 2 rings (SSSR count). The minimum absolute atomic E-state index is 0.191. The summed E-state index contributed by atoms with van der Waals surface area (Å²) < 4.78 is 5.88. The molecule has 1 heterocycles. The summed E-state index contributed by atoms with van der Waals surface area (Å²) >= 11 is 5.07. The second-order valence-electron chi connectivity index (χ2n) is 5.63. The number of pyridine rings is 1. The molecule has 2 aromatic rings. The predicted octanol–water partition coefficient (Wildman–Crippen LogP) is 3.62. The Kier molecular flexibility index (Phi) is 4.23. The van der Waals surface area contributed by atoms with Gasteiger partial charge in [-0.1, -0.05) is 44.3 Å². The molecule has 0 saturated carbocycles. The monoisotopic (exact) mass is 288 g/mol. The highest BCUT2D eigenvalue weighted by atomic mass is 32.1. The normalized spacial score (nSPS) is 11.6. The number of benzene rings is 1. The molecule has 0 amide bonds. The maximum atomic E-state index is 5.88. The van der Waals surface area contributed by atoms with Gasteiger partial charge in [0.25, 0.3) is 0 Å². The number of fused-ring (bicyclic) bond motifs is 1. The molecule has 2 N–H and O–H groups in total. The van der Waals surface area contributed by atoms with Crippen molar-refractivity contribution in [1.29, 1.82) is 0 Å². The van der Waals surface area contributed by atoms with E-state index in [2.05, 4.69) is 11.1 Å². The Labute approximate surface area is 125 Å². The van der Waals surface area contributed by atoms with E-state index in [0.29, 0.717) is 11.6 Å². The van der Waals surface area contributed by atoms with Crippen molar-refractivity contribution in [1.82, 2.24) is 4.98 Å². The topological polar surface area (TPSA) is 48.1 Å². The summed E-state index contributed by atoms with van der Waals surface area (Å²) in [6.07, 6.45) is 0.782. The molecule has 0 bridgehead atoms. The van der Waals surface area contributed by atoms with E-state index in [1.807, 2.05) is 45.0 Å². The Bertz CT molecular complexity index is 637. The highest BCUT2D eigenvalue weighted by Crippen LogP contribution is 2.26. The predicted molar refractivity (Wildman–Crippen MR) is 87.2 cm³/mol. The van der Waals surface area contributed by atoms with Gasteiger partial charge in [0, 0.05) is 16.5 Å². The van der Waals surface area contributed by atoms with Crippen molar-refractivity contribution >= 4 is 28.1 Å². The molecule has 0 unspecified atom stereocenters. The van der Waals surface area contributed by atoms with E-state index >= 15 is 0 Å². The van der Waals surface area contributed by atoms with Gasteiger partial charge in [-0.3, -0.25) is 0 Å². The lowest BCUT2D eigenvalue weighted by atomic mass is 9.90. The molecule has 4 heteroatoms. The number of aromatic nitrogens is 1. The average molecular weight is 288 g/mol. The maximum Gasteiger partial charge on any atom is 0.145 e. The lowest BCUT2D eigenvalue weighted by Gasteiger charge is -2.23. The van der Waals surface area contributed by atoms with Crippen LogP contribution < -0.4 is 10.5 Å². The maximum absolute atomic E-state index is 5.88. The Balaban J connectivity index is 2.14. The first-order valence-electron chi connectivity index (χ1n) is 6.69. The van der Waals surface area contributed by atoms with Gasteiger partial charge in [-0.05, 0) is 25.5 Å². The van der Waals surface area contributed by atoms with Gasteiger partial charge in [0.1, 0.15) is 11.3 Å². The molecule has 3 nitrogen and oxygen atoms in total. The average Bonchev–Trinajstić information content (AvgIpc) is 2.39. The van der Waals surface area contributed by atoms with Crippen LogP contribution in [0.5, 0.6) is 5.75 Å². The van der Waals surface area contributed by atoms with Crippen LogP contribution >= 0.6 is 12.2 Å². The number of thiocarbonyl (C=S) groups is 1. The van der Waals surface area contributed by atoms with Gasteiger partial charge in [0.15, 0.2) is 0 Å². The smallest absolute Gasteiger partial charge is 0.145 e. The van der Waals surface area contributed by atoms with E-state index in [-0.39, 0.29) is 5.41 Å². The second kappa shape index (κ2) is 5.75. The van der Waals surface area contributed by atoms with E-state index in [0.717, 1.165) is 28.8 Å². The first-order chi connectivity index (χ1) is 9.40. The Morgan fingerprint density at radius 2 is 2.05 bits per heavy atom. The van der Waals surface area contributed by atoms with Crippen LogP contribution in [0.3, 0.4) is 0 Å². The zero-order chi connectivity index (χ0) is 14.8. The zero-order valence-corrected chi connectivity index (χ0v) is 13.0. The number of para-hydroxylation sites is 1. The highest BCUT2D eigenvalue weighted by molar-refractivity contribution is 7.80. The summed E-state index contributed by atoms with van der Waals surface area (Å²) in [5, 5.41) is 1.08. The number of hydrogen-bond donors (Lipinski definition) is 1. The molecule has 0 aliphatic carbocycles. The quantitative estimate of drug-likeness (QED) is 0.854. The Morgan fingerprint density at radius 3 is 2.75 bits per heavy atom. The van der Waals surface area contributed by atoms with Crippen LogP contribution in [0.15, 0.2) is 30.3 Å². The summed E-state index contributed by atoms with van der Waals surface area (Å²) in [5.74, 6) is 0.810. The second-order valence-corrected chi connectivity index (χ2v) is 6.07. The summed E-state index contributed by atoms with van der Waals surface area (Å²) in [6.45, 7) is 6.61. The van der Waals surface area contributed by atoms with E-state index in [9.17, 15) is 0 Å². The van der Waals surface area contributed by atoms with Gasteiger partial charge in [-0.2, -0.15) is 0 Å². The van der Waals surface area contributed by atoms with E-state index < -0.39 is 0 Å². The largest absolute Gasteiger partial charge is 0.491 e. The fraction of sp³-hybridized carbons (Fsp3) is 0.375. The number of ether oxygens (including phenoxy) is 1. The molecule has 0 spiro atoms. The van der Waals surface area contributed by atoms with Crippen molar-refractivity contribution in [2.24, 2.45) is 11.1 Å². The van der Waals surface area contributed by atoms with Gasteiger partial charge in [0.2, 0.25) is 0 Å². The summed E-state index contributed by atoms with van der Waals surface area (Å²) in [5.41, 5.74) is 7.42. The van der Waals surface area contributed by atoms with E-state index in [4.69, 9.17) is 22.7 Å². The van der Waals surface area contributed by atoms with Crippen LogP contribution in [0, 0.1) is 12.3 Å². The minimum atomic E-state index is -0.191. The number of rotatable bonds is 5. The standard InChI is InChI=1S/C16H20N2OS/c1-11-7-8-12-5-4-6-13(14(12)18-11)19-10-9-16(2,3)15(17)20/h4-8H,9-10H2,1-3H3,(H2,17,20). The lowest BCUT2D eigenvalue weighted by molar-refractivity contribution is 0.272. The molecule has 0 fully saturated rings. The Morgan fingerprint density at radius 1 is 1.30 bits per heavy atom. The Hall–Kier alpha value is -1.68. The third-order valence-electron chi connectivity index (χ3n) is 3.47. The molecule has 1 aromatic heterocycles. The van der Waals surface area contributed by atoms with E-state index in [1.54, 1.807) is 0 Å². The minimum Gasteiger partial charge on any atom is -0.491 e. The molecule has 0 atom stereocenters. The molecule has 20 heavy (non-hydrogen) atoms. The van der Waals surface area contributed by atoms with Crippen LogP contribution in [0.2, 0.25) is 0 Å². The highest BCUT2D eigenvalue weighted by Gasteiger charge is 2.21. The molecular weight excluding hydrogens is 268 g/mol. The molecule has 0 saturated heterocycles. The fourth-order valence-corrected chi connectivity index (χ4v) is 1.98. The number of nitrogens with two attached hydrogens (primary N) is 1. The zero-order valence-electron chi connectivity index (χ0n) is 12.1. The summed E-state index contributed by atoms with van der Waals surface area (Å²) in [4.78, 5) is 5.07. The van der Waals surface area contributed by atoms with Gasteiger partial charge in [0.05, 0.1) is 11.6 Å². The van der Waals surface area contributed by atoms with Gasteiger partial charge in [-0.25, -0.2) is 4.98 Å². The van der Waals surface area contributed by atoms with Crippen molar-refractivity contribution in [3.63, 3.8) is 0 Å². The molecular formula is C16H20N2OS. The number of hydrogen-bond acceptors (Lipinski definition) is 3. The van der Waals surface area contributed by atoms with Gasteiger partial charge >= 0.3 is 0 Å². The molecule has 0 aliphatic rings. The third-order valence-corrected chi connectivity index (χ3v) is 4.03. The number of aryl methyl sites for hydroxylation is 1. The van der Waals surface area contributed by atoms with Crippen LogP contribution in [0.1, 0.15) is 26.0 Å². The molecule has 106 valence electrons. The first-order valence-corrected chi connectivity index (χ1v) is 7.10. The molecule has 0 aliphatic heterocycles. The van der Waals surface area contributed by atoms with Crippen molar-refractivity contribution in [3.05, 3.63) is 36.0 Å². The number of nitrogens with zero attached hydrogens (tertiary/aromatic N) is 1. The van der Waals surface area contributed by atoms with Crippen molar-refractivity contribution in [3.8, 4) is 5.75 Å². The SMILES string of the molecule is Cc1ccc2cccc(OCCC(C)(C)C(N)=S)c2n1. The first kappa shape index (κ1) is 14.7. The molecule has 1 aromatic carbocycles. The summed E-state index contributed by atoms with van der Waals surface area (Å²) in [7, 11) is 0. The van der Waals surface area contributed by atoms with Crippen LogP contribution in [0.4, 0.5) is 0 Å². The van der Waals surface area contributed by atoms with Gasteiger partial charge < -0.3 is 10.5 Å².